The molecule has 0 spiro atoms. The van der Waals surface area contributed by atoms with Gasteiger partial charge in [-0.1, -0.05) is 6.08 Å². The molecule has 0 fully saturated rings. The van der Waals surface area contributed by atoms with Crippen LogP contribution in [0.2, 0.25) is 0 Å². The zero-order valence-corrected chi connectivity index (χ0v) is 4.18. The van der Waals surface area contributed by atoms with Gasteiger partial charge in [-0.05, 0) is 5.57 Å². The maximum Gasteiger partial charge on any atom is 0.0694 e. The van der Waals surface area contributed by atoms with Gasteiger partial charge in [-0.25, -0.2) is 0 Å². The van der Waals surface area contributed by atoms with Crippen LogP contribution < -0.4 is 5.73 Å². The summed E-state index contributed by atoms with van der Waals surface area (Å²) in [6, 6.07) is 0. The Labute approximate surface area is 43.0 Å². The van der Waals surface area contributed by atoms with E-state index in [2.05, 4.69) is 0 Å². The number of ether oxygens (including phenoxy) is 1. The molecule has 0 amide bonds. The highest BCUT2D eigenvalue weighted by Crippen LogP contribution is 1.99. The maximum absolute atomic E-state index is 5.29. The van der Waals surface area contributed by atoms with Crippen LogP contribution in [0.1, 0.15) is 0 Å². The fourth-order valence-corrected chi connectivity index (χ4v) is 0.568. The fourth-order valence-electron chi connectivity index (χ4n) is 0.568. The van der Waals surface area contributed by atoms with E-state index in [1.54, 1.807) is 0 Å². The molecule has 7 heavy (non-hydrogen) atoms. The Morgan fingerprint density at radius 3 is 3.00 bits per heavy atom. The molecule has 0 aliphatic carbocycles. The molecule has 0 saturated carbocycles. The average Bonchev–Trinajstić information content (AvgIpc) is 2.14. The molecule has 2 nitrogen and oxygen atoms in total. The molecule has 1 aliphatic rings. The van der Waals surface area contributed by atoms with Crippen molar-refractivity contribution in [2.24, 2.45) is 5.73 Å². The Balaban J connectivity index is 2.36. The Morgan fingerprint density at radius 1 is 1.86 bits per heavy atom. The van der Waals surface area contributed by atoms with Crippen molar-refractivity contribution in [3.05, 3.63) is 11.6 Å². The van der Waals surface area contributed by atoms with Crippen LogP contribution in [-0.4, -0.2) is 19.8 Å². The third kappa shape index (κ3) is 1.01. The van der Waals surface area contributed by atoms with Crippen molar-refractivity contribution >= 4 is 0 Å². The van der Waals surface area contributed by atoms with Gasteiger partial charge < -0.3 is 10.5 Å². The molecule has 0 aromatic carbocycles. The first-order chi connectivity index (χ1) is 3.43. The van der Waals surface area contributed by atoms with E-state index in [1.165, 1.54) is 5.57 Å². The van der Waals surface area contributed by atoms with Gasteiger partial charge in [0.25, 0.3) is 0 Å². The fraction of sp³-hybridized carbons (Fsp3) is 0.600. The van der Waals surface area contributed by atoms with Crippen LogP contribution in [-0.2, 0) is 4.74 Å². The van der Waals surface area contributed by atoms with Gasteiger partial charge in [0.2, 0.25) is 0 Å². The van der Waals surface area contributed by atoms with Gasteiger partial charge in [0, 0.05) is 6.54 Å². The van der Waals surface area contributed by atoms with E-state index in [0.717, 1.165) is 13.2 Å². The van der Waals surface area contributed by atoms with Crippen LogP contribution in [0, 0.1) is 0 Å². The molecule has 0 unspecified atom stereocenters. The van der Waals surface area contributed by atoms with Crippen LogP contribution in [0.25, 0.3) is 0 Å². The van der Waals surface area contributed by atoms with Gasteiger partial charge in [0.1, 0.15) is 0 Å². The quantitative estimate of drug-likeness (QED) is 0.466. The molecule has 0 aromatic heterocycles. The van der Waals surface area contributed by atoms with E-state index in [-0.39, 0.29) is 0 Å². The first kappa shape index (κ1) is 4.81. The van der Waals surface area contributed by atoms with Crippen molar-refractivity contribution in [3.63, 3.8) is 0 Å². The van der Waals surface area contributed by atoms with E-state index < -0.39 is 0 Å². The second-order valence-corrected chi connectivity index (χ2v) is 1.58. The molecule has 1 rings (SSSR count). The smallest absolute Gasteiger partial charge is 0.0694 e. The summed E-state index contributed by atoms with van der Waals surface area (Å²) in [5.74, 6) is 0. The molecule has 0 aromatic rings. The lowest BCUT2D eigenvalue weighted by atomic mass is 10.3. The van der Waals surface area contributed by atoms with E-state index in [0.29, 0.717) is 6.54 Å². The minimum atomic E-state index is 0.653. The van der Waals surface area contributed by atoms with Crippen molar-refractivity contribution in [3.8, 4) is 0 Å². The van der Waals surface area contributed by atoms with Crippen LogP contribution in [0.5, 0.6) is 0 Å². The summed E-state index contributed by atoms with van der Waals surface area (Å²) in [7, 11) is 0. The highest BCUT2D eigenvalue weighted by atomic mass is 16.5. The Kier molecular flexibility index (Phi) is 1.44. The Hall–Kier alpha value is -0.340. The molecule has 40 valence electrons. The normalized spacial score (nSPS) is 19.9. The number of nitrogens with two attached hydrogens (primary N) is 1. The van der Waals surface area contributed by atoms with Gasteiger partial charge in [-0.3, -0.25) is 0 Å². The average molecular weight is 99.1 g/mol. The third-order valence-electron chi connectivity index (χ3n) is 1.04. The van der Waals surface area contributed by atoms with E-state index >= 15 is 0 Å². The minimum Gasteiger partial charge on any atom is -0.373 e. The molecule has 0 radical (unpaired) electrons. The molecular formula is C5H9NO. The maximum atomic E-state index is 5.29. The lowest BCUT2D eigenvalue weighted by molar-refractivity contribution is 0.208. The SMILES string of the molecule is NCC1=CCOC1. The Bertz CT molecular complexity index is 88.1. The predicted octanol–water partition coefficient (Wildman–Crippen LogP) is -0.0983. The number of hydrogen-bond donors (Lipinski definition) is 1. The molecule has 1 aliphatic heterocycles. The van der Waals surface area contributed by atoms with Gasteiger partial charge in [0.15, 0.2) is 0 Å². The highest BCUT2D eigenvalue weighted by Gasteiger charge is 1.99. The number of rotatable bonds is 1. The lowest BCUT2D eigenvalue weighted by Gasteiger charge is -1.89. The highest BCUT2D eigenvalue weighted by molar-refractivity contribution is 5.07. The standard InChI is InChI=1S/C5H9NO/c6-3-5-1-2-7-4-5/h1H,2-4,6H2. The van der Waals surface area contributed by atoms with Gasteiger partial charge in [0.05, 0.1) is 13.2 Å². The van der Waals surface area contributed by atoms with E-state index in [1.807, 2.05) is 6.08 Å². The third-order valence-corrected chi connectivity index (χ3v) is 1.04. The second-order valence-electron chi connectivity index (χ2n) is 1.58. The zero-order valence-electron chi connectivity index (χ0n) is 4.18. The van der Waals surface area contributed by atoms with Crippen LogP contribution in [0.3, 0.4) is 0 Å². The monoisotopic (exact) mass is 99.1 g/mol. The first-order valence-electron chi connectivity index (χ1n) is 2.39. The lowest BCUT2D eigenvalue weighted by Crippen LogP contribution is -2.03. The van der Waals surface area contributed by atoms with Crippen molar-refractivity contribution < 1.29 is 4.74 Å². The van der Waals surface area contributed by atoms with Gasteiger partial charge in [-0.2, -0.15) is 0 Å². The molecule has 2 heteroatoms. The predicted molar refractivity (Wildman–Crippen MR) is 28.0 cm³/mol. The van der Waals surface area contributed by atoms with Gasteiger partial charge >= 0.3 is 0 Å². The van der Waals surface area contributed by atoms with E-state index in [9.17, 15) is 0 Å². The molecular weight excluding hydrogens is 90.1 g/mol. The summed E-state index contributed by atoms with van der Waals surface area (Å²) in [6.45, 7) is 2.16. The molecule has 2 N–H and O–H groups in total. The molecule has 0 saturated heterocycles. The van der Waals surface area contributed by atoms with Gasteiger partial charge in [-0.15, -0.1) is 0 Å². The topological polar surface area (TPSA) is 35.2 Å². The minimum absolute atomic E-state index is 0.653. The molecule has 0 bridgehead atoms. The van der Waals surface area contributed by atoms with Crippen molar-refractivity contribution in [1.29, 1.82) is 0 Å². The van der Waals surface area contributed by atoms with E-state index in [4.69, 9.17) is 10.5 Å². The summed E-state index contributed by atoms with van der Waals surface area (Å²) in [5.41, 5.74) is 6.51. The van der Waals surface area contributed by atoms with Crippen LogP contribution in [0.15, 0.2) is 11.6 Å². The summed E-state index contributed by atoms with van der Waals surface area (Å²) in [4.78, 5) is 0. The second kappa shape index (κ2) is 2.09. The zero-order chi connectivity index (χ0) is 5.11. The van der Waals surface area contributed by atoms with Crippen LogP contribution >= 0.6 is 0 Å². The molecule has 1 heterocycles. The number of hydrogen-bond acceptors (Lipinski definition) is 2. The summed E-state index contributed by atoms with van der Waals surface area (Å²) < 4.78 is 4.98. The van der Waals surface area contributed by atoms with Crippen molar-refractivity contribution in [2.45, 2.75) is 0 Å². The summed E-state index contributed by atoms with van der Waals surface area (Å²) in [6.07, 6.45) is 2.03. The summed E-state index contributed by atoms with van der Waals surface area (Å²) >= 11 is 0. The molecule has 0 atom stereocenters. The van der Waals surface area contributed by atoms with Crippen LogP contribution in [0.4, 0.5) is 0 Å². The largest absolute Gasteiger partial charge is 0.373 e. The summed E-state index contributed by atoms with van der Waals surface area (Å²) in [5, 5.41) is 0. The van der Waals surface area contributed by atoms with Crippen molar-refractivity contribution in [2.75, 3.05) is 19.8 Å². The first-order valence-corrected chi connectivity index (χ1v) is 2.39. The Morgan fingerprint density at radius 2 is 2.71 bits per heavy atom. The van der Waals surface area contributed by atoms with Crippen molar-refractivity contribution in [1.82, 2.24) is 0 Å².